The summed E-state index contributed by atoms with van der Waals surface area (Å²) < 4.78 is 6.68. The molecule has 0 aromatic heterocycles. The number of nitrogens with one attached hydrogen (secondary N) is 1. The third kappa shape index (κ3) is 2.90. The molecule has 1 N–H and O–H groups in total. The number of rotatable bonds is 3. The van der Waals surface area contributed by atoms with E-state index in [0.29, 0.717) is 12.5 Å². The lowest BCUT2D eigenvalue weighted by Crippen LogP contribution is -2.18. The minimum absolute atomic E-state index is 0.547. The Hall–Kier alpha value is -0.800. The maximum atomic E-state index is 5.64. The summed E-state index contributed by atoms with van der Waals surface area (Å²) in [5.41, 5.74) is 2.82. The van der Waals surface area contributed by atoms with Crippen molar-refractivity contribution in [2.45, 2.75) is 19.3 Å². The van der Waals surface area contributed by atoms with Crippen LogP contribution in [-0.2, 0) is 6.42 Å². The van der Waals surface area contributed by atoms with Gasteiger partial charge in [-0.25, -0.2) is 0 Å². The Morgan fingerprint density at radius 2 is 2.41 bits per heavy atom. The SMILES string of the molecule is C=CCOc1cc2c(cc1Br)[C@@H](C)CNCC2. The number of hydrogen-bond acceptors (Lipinski definition) is 2. The van der Waals surface area contributed by atoms with Gasteiger partial charge in [-0.1, -0.05) is 19.6 Å². The molecule has 1 atom stereocenters. The number of ether oxygens (including phenoxy) is 1. The summed E-state index contributed by atoms with van der Waals surface area (Å²) in [5, 5.41) is 3.45. The van der Waals surface area contributed by atoms with Crippen molar-refractivity contribution >= 4 is 15.9 Å². The van der Waals surface area contributed by atoms with Gasteiger partial charge in [-0.05, 0) is 58.1 Å². The Balaban J connectivity index is 2.33. The molecule has 3 heteroatoms. The van der Waals surface area contributed by atoms with Crippen LogP contribution in [0.2, 0.25) is 0 Å². The molecule has 0 unspecified atom stereocenters. The van der Waals surface area contributed by atoms with E-state index in [1.54, 1.807) is 6.08 Å². The van der Waals surface area contributed by atoms with Gasteiger partial charge in [0.1, 0.15) is 12.4 Å². The van der Waals surface area contributed by atoms with Gasteiger partial charge in [0.25, 0.3) is 0 Å². The molecule has 17 heavy (non-hydrogen) atoms. The van der Waals surface area contributed by atoms with E-state index in [2.05, 4.69) is 46.9 Å². The molecule has 0 spiro atoms. The van der Waals surface area contributed by atoms with Crippen LogP contribution in [0.15, 0.2) is 29.3 Å². The quantitative estimate of drug-likeness (QED) is 0.864. The first kappa shape index (κ1) is 12.7. The number of halogens is 1. The van der Waals surface area contributed by atoms with E-state index in [9.17, 15) is 0 Å². The van der Waals surface area contributed by atoms with Crippen LogP contribution >= 0.6 is 15.9 Å². The zero-order chi connectivity index (χ0) is 12.3. The highest BCUT2D eigenvalue weighted by atomic mass is 79.9. The second-order valence-corrected chi connectivity index (χ2v) is 5.29. The Kier molecular flexibility index (Phi) is 4.24. The molecule has 1 aliphatic rings. The molecule has 2 nitrogen and oxygen atoms in total. The van der Waals surface area contributed by atoms with Crippen LogP contribution in [0.3, 0.4) is 0 Å². The van der Waals surface area contributed by atoms with Crippen molar-refractivity contribution in [3.63, 3.8) is 0 Å². The second kappa shape index (κ2) is 5.69. The highest BCUT2D eigenvalue weighted by molar-refractivity contribution is 9.10. The Bertz CT molecular complexity index is 417. The van der Waals surface area contributed by atoms with Crippen LogP contribution in [0.25, 0.3) is 0 Å². The lowest BCUT2D eigenvalue weighted by molar-refractivity contribution is 0.360. The summed E-state index contributed by atoms with van der Waals surface area (Å²) in [7, 11) is 0. The number of benzene rings is 1. The first-order valence-electron chi connectivity index (χ1n) is 5.99. The maximum absolute atomic E-state index is 5.64. The molecule has 2 rings (SSSR count). The molecule has 0 bridgehead atoms. The highest BCUT2D eigenvalue weighted by Crippen LogP contribution is 2.33. The van der Waals surface area contributed by atoms with Gasteiger partial charge in [0.15, 0.2) is 0 Å². The fourth-order valence-electron chi connectivity index (χ4n) is 2.20. The normalized spacial score (nSPS) is 19.3. The van der Waals surface area contributed by atoms with Gasteiger partial charge in [-0.2, -0.15) is 0 Å². The zero-order valence-corrected chi connectivity index (χ0v) is 11.7. The summed E-state index contributed by atoms with van der Waals surface area (Å²) in [4.78, 5) is 0. The van der Waals surface area contributed by atoms with E-state index < -0.39 is 0 Å². The van der Waals surface area contributed by atoms with Gasteiger partial charge in [-0.15, -0.1) is 0 Å². The Morgan fingerprint density at radius 1 is 1.59 bits per heavy atom. The Morgan fingerprint density at radius 3 is 3.18 bits per heavy atom. The summed E-state index contributed by atoms with van der Waals surface area (Å²) >= 11 is 3.58. The van der Waals surface area contributed by atoms with E-state index in [1.807, 2.05) is 0 Å². The van der Waals surface area contributed by atoms with Crippen molar-refractivity contribution in [2.75, 3.05) is 19.7 Å². The first-order chi connectivity index (χ1) is 8.22. The molecule has 0 saturated heterocycles. The van der Waals surface area contributed by atoms with Gasteiger partial charge in [0.05, 0.1) is 4.47 Å². The standard InChI is InChI=1S/C14H18BrNO/c1-3-6-17-14-7-11-4-5-16-9-10(2)12(11)8-13(14)15/h3,7-8,10,16H,1,4-6,9H2,2H3/t10-/m0/s1. The zero-order valence-electron chi connectivity index (χ0n) is 10.1. The third-order valence-electron chi connectivity index (χ3n) is 3.10. The monoisotopic (exact) mass is 295 g/mol. The summed E-state index contributed by atoms with van der Waals surface area (Å²) in [6.07, 6.45) is 2.83. The molecular weight excluding hydrogens is 278 g/mol. The van der Waals surface area contributed by atoms with Crippen LogP contribution in [0, 0.1) is 0 Å². The summed E-state index contributed by atoms with van der Waals surface area (Å²) in [5.74, 6) is 1.47. The predicted octanol–water partition coefficient (Wildman–Crippen LogP) is 3.26. The molecule has 1 aromatic rings. The minimum Gasteiger partial charge on any atom is -0.488 e. The van der Waals surface area contributed by atoms with Crippen LogP contribution in [-0.4, -0.2) is 19.7 Å². The van der Waals surface area contributed by atoms with Crippen LogP contribution in [0.1, 0.15) is 24.0 Å². The molecule has 0 radical (unpaired) electrons. The third-order valence-corrected chi connectivity index (χ3v) is 3.72. The van der Waals surface area contributed by atoms with Crippen molar-refractivity contribution in [1.82, 2.24) is 5.32 Å². The van der Waals surface area contributed by atoms with Gasteiger partial charge in [-0.3, -0.25) is 0 Å². The fraction of sp³-hybridized carbons (Fsp3) is 0.429. The number of fused-ring (bicyclic) bond motifs is 1. The lowest BCUT2D eigenvalue weighted by Gasteiger charge is -2.15. The van der Waals surface area contributed by atoms with Crippen molar-refractivity contribution in [2.24, 2.45) is 0 Å². The van der Waals surface area contributed by atoms with Crippen LogP contribution in [0.4, 0.5) is 0 Å². The van der Waals surface area contributed by atoms with Crippen molar-refractivity contribution < 1.29 is 4.74 Å². The lowest BCUT2D eigenvalue weighted by atomic mass is 9.95. The molecule has 92 valence electrons. The smallest absolute Gasteiger partial charge is 0.134 e. The maximum Gasteiger partial charge on any atom is 0.134 e. The van der Waals surface area contributed by atoms with E-state index in [4.69, 9.17) is 4.74 Å². The van der Waals surface area contributed by atoms with E-state index in [0.717, 1.165) is 29.7 Å². The molecule has 1 heterocycles. The van der Waals surface area contributed by atoms with Crippen molar-refractivity contribution in [3.8, 4) is 5.75 Å². The molecular formula is C14H18BrNO. The van der Waals surface area contributed by atoms with Gasteiger partial charge >= 0.3 is 0 Å². The van der Waals surface area contributed by atoms with Gasteiger partial charge < -0.3 is 10.1 Å². The van der Waals surface area contributed by atoms with E-state index in [-0.39, 0.29) is 0 Å². The average Bonchev–Trinajstić information content (AvgIpc) is 2.49. The Labute approximate surface area is 111 Å². The van der Waals surface area contributed by atoms with Gasteiger partial charge in [0, 0.05) is 6.54 Å². The molecule has 0 aliphatic carbocycles. The molecule has 1 aromatic carbocycles. The number of hydrogen-bond donors (Lipinski definition) is 1. The fourth-order valence-corrected chi connectivity index (χ4v) is 2.67. The van der Waals surface area contributed by atoms with E-state index in [1.165, 1.54) is 11.1 Å². The summed E-state index contributed by atoms with van der Waals surface area (Å²) in [6.45, 7) is 8.56. The summed E-state index contributed by atoms with van der Waals surface area (Å²) in [6, 6.07) is 4.36. The van der Waals surface area contributed by atoms with Crippen LogP contribution in [0.5, 0.6) is 5.75 Å². The molecule has 0 saturated carbocycles. The average molecular weight is 296 g/mol. The van der Waals surface area contributed by atoms with E-state index >= 15 is 0 Å². The van der Waals surface area contributed by atoms with Crippen molar-refractivity contribution in [1.29, 1.82) is 0 Å². The first-order valence-corrected chi connectivity index (χ1v) is 6.78. The van der Waals surface area contributed by atoms with Gasteiger partial charge in [0.2, 0.25) is 0 Å². The topological polar surface area (TPSA) is 21.3 Å². The molecule has 0 amide bonds. The molecule has 1 aliphatic heterocycles. The largest absolute Gasteiger partial charge is 0.488 e. The molecule has 0 fully saturated rings. The second-order valence-electron chi connectivity index (χ2n) is 4.44. The minimum atomic E-state index is 0.547. The van der Waals surface area contributed by atoms with Crippen LogP contribution < -0.4 is 10.1 Å². The predicted molar refractivity (Wildman–Crippen MR) is 74.8 cm³/mol. The highest BCUT2D eigenvalue weighted by Gasteiger charge is 2.17. The van der Waals surface area contributed by atoms with Crippen molar-refractivity contribution in [3.05, 3.63) is 40.4 Å².